The molecule has 1 N–H and O–H groups in total. The van der Waals surface area contributed by atoms with E-state index in [0.717, 1.165) is 25.4 Å². The molecular weight excluding hydrogens is 280 g/mol. The van der Waals surface area contributed by atoms with Crippen LogP contribution in [-0.4, -0.2) is 90.4 Å². The van der Waals surface area contributed by atoms with Gasteiger partial charge >= 0.3 is 6.03 Å². The summed E-state index contributed by atoms with van der Waals surface area (Å²) in [6, 6.07) is -0.470. The highest BCUT2D eigenvalue weighted by atomic mass is 32.2. The molecule has 8 heteroatoms. The predicted octanol–water partition coefficient (Wildman–Crippen LogP) is -0.955. The second-order valence-electron chi connectivity index (χ2n) is 4.92. The topological polar surface area (TPSA) is 73.0 Å². The van der Waals surface area contributed by atoms with Crippen molar-refractivity contribution >= 4 is 29.6 Å². The van der Waals surface area contributed by atoms with Crippen molar-refractivity contribution in [2.24, 2.45) is 0 Å². The molecule has 0 spiro atoms. The number of piperazine rings is 1. The Bertz CT molecular complexity index is 396. The summed E-state index contributed by atoms with van der Waals surface area (Å²) in [4.78, 5) is 39.9. The summed E-state index contributed by atoms with van der Waals surface area (Å²) in [5.74, 6) is 0.674. The molecule has 2 heterocycles. The summed E-state index contributed by atoms with van der Waals surface area (Å²) >= 11 is 1.82. The van der Waals surface area contributed by atoms with E-state index < -0.39 is 6.03 Å². The minimum absolute atomic E-state index is 0.0115. The molecule has 0 atom stereocenters. The minimum Gasteiger partial charge on any atom is -0.339 e. The molecule has 4 amide bonds. The summed E-state index contributed by atoms with van der Waals surface area (Å²) in [5.41, 5.74) is 0. The number of urea groups is 1. The lowest BCUT2D eigenvalue weighted by atomic mass is 10.3. The van der Waals surface area contributed by atoms with E-state index in [9.17, 15) is 14.4 Å². The van der Waals surface area contributed by atoms with Gasteiger partial charge in [-0.15, -0.1) is 0 Å². The van der Waals surface area contributed by atoms with Crippen LogP contribution in [0.4, 0.5) is 4.79 Å². The normalized spacial score (nSPS) is 20.4. The Hall–Kier alpha value is -1.28. The van der Waals surface area contributed by atoms with Crippen molar-refractivity contribution in [2.75, 3.05) is 57.8 Å². The van der Waals surface area contributed by atoms with Crippen molar-refractivity contribution in [3.8, 4) is 0 Å². The van der Waals surface area contributed by atoms with Crippen molar-refractivity contribution in [1.82, 2.24) is 20.0 Å². The van der Waals surface area contributed by atoms with Gasteiger partial charge in [0.25, 0.3) is 0 Å². The first-order chi connectivity index (χ1) is 9.60. The van der Waals surface area contributed by atoms with Crippen LogP contribution in [0.25, 0.3) is 0 Å². The van der Waals surface area contributed by atoms with E-state index in [0.29, 0.717) is 13.1 Å². The lowest BCUT2D eigenvalue weighted by Crippen LogP contribution is -2.51. The number of hydrogen-bond donors (Lipinski definition) is 1. The van der Waals surface area contributed by atoms with E-state index in [1.165, 1.54) is 4.90 Å². The van der Waals surface area contributed by atoms with Crippen LogP contribution in [0.1, 0.15) is 0 Å². The van der Waals surface area contributed by atoms with E-state index in [-0.39, 0.29) is 24.9 Å². The van der Waals surface area contributed by atoms with Gasteiger partial charge in [-0.2, -0.15) is 11.8 Å². The summed E-state index contributed by atoms with van der Waals surface area (Å²) in [7, 11) is 0. The lowest BCUT2D eigenvalue weighted by Gasteiger charge is -2.35. The van der Waals surface area contributed by atoms with E-state index in [1.807, 2.05) is 11.8 Å². The molecule has 2 saturated heterocycles. The van der Waals surface area contributed by atoms with Crippen LogP contribution in [0.2, 0.25) is 0 Å². The first-order valence-corrected chi connectivity index (χ1v) is 8.07. The Labute approximate surface area is 122 Å². The fourth-order valence-electron chi connectivity index (χ4n) is 2.32. The molecule has 0 aliphatic carbocycles. The SMILES string of the molecule is CSCCN1CCN(C(=O)CN2CC(=O)NC2=O)CC1. The van der Waals surface area contributed by atoms with Gasteiger partial charge in [-0.25, -0.2) is 4.79 Å². The van der Waals surface area contributed by atoms with Crippen molar-refractivity contribution in [3.05, 3.63) is 0 Å². The van der Waals surface area contributed by atoms with Gasteiger partial charge < -0.3 is 9.80 Å². The average Bonchev–Trinajstić information content (AvgIpc) is 2.75. The Kier molecular flexibility index (Phi) is 5.24. The van der Waals surface area contributed by atoms with Gasteiger partial charge in [0.15, 0.2) is 0 Å². The number of nitrogens with zero attached hydrogens (tertiary/aromatic N) is 3. The van der Waals surface area contributed by atoms with Crippen LogP contribution in [0.5, 0.6) is 0 Å². The smallest absolute Gasteiger partial charge is 0.325 e. The van der Waals surface area contributed by atoms with Gasteiger partial charge in [0, 0.05) is 38.5 Å². The number of carbonyl (C=O) groups excluding carboxylic acids is 3. The second-order valence-corrected chi connectivity index (χ2v) is 5.91. The van der Waals surface area contributed by atoms with Gasteiger partial charge in [-0.3, -0.25) is 19.8 Å². The predicted molar refractivity (Wildman–Crippen MR) is 76.5 cm³/mol. The largest absolute Gasteiger partial charge is 0.339 e. The van der Waals surface area contributed by atoms with E-state index in [1.54, 1.807) is 4.90 Å². The molecule has 112 valence electrons. The van der Waals surface area contributed by atoms with Gasteiger partial charge in [-0.05, 0) is 6.26 Å². The Balaban J connectivity index is 1.74. The number of carbonyl (C=O) groups is 3. The van der Waals surface area contributed by atoms with Crippen LogP contribution in [0, 0.1) is 0 Å². The van der Waals surface area contributed by atoms with E-state index in [4.69, 9.17) is 0 Å². The van der Waals surface area contributed by atoms with Crippen molar-refractivity contribution in [2.45, 2.75) is 0 Å². The Morgan fingerprint density at radius 3 is 2.50 bits per heavy atom. The maximum absolute atomic E-state index is 12.1. The molecule has 2 rings (SSSR count). The van der Waals surface area contributed by atoms with E-state index in [2.05, 4.69) is 16.5 Å². The molecule has 0 bridgehead atoms. The minimum atomic E-state index is -0.470. The van der Waals surface area contributed by atoms with Crippen molar-refractivity contribution in [1.29, 1.82) is 0 Å². The van der Waals surface area contributed by atoms with Gasteiger partial charge in [0.05, 0.1) is 0 Å². The molecule has 0 radical (unpaired) electrons. The summed E-state index contributed by atoms with van der Waals surface area (Å²) in [6.07, 6.45) is 2.09. The van der Waals surface area contributed by atoms with E-state index >= 15 is 0 Å². The quantitative estimate of drug-likeness (QED) is 0.663. The molecule has 2 fully saturated rings. The average molecular weight is 300 g/mol. The van der Waals surface area contributed by atoms with Crippen molar-refractivity contribution < 1.29 is 14.4 Å². The first kappa shape index (κ1) is 15.1. The zero-order valence-electron chi connectivity index (χ0n) is 11.6. The summed E-state index contributed by atoms with van der Waals surface area (Å²) in [5, 5.41) is 2.17. The maximum atomic E-state index is 12.1. The van der Waals surface area contributed by atoms with Crippen LogP contribution >= 0.6 is 11.8 Å². The summed E-state index contributed by atoms with van der Waals surface area (Å²) in [6.45, 7) is 4.15. The molecule has 2 aliphatic rings. The Morgan fingerprint density at radius 1 is 1.25 bits per heavy atom. The first-order valence-electron chi connectivity index (χ1n) is 6.68. The van der Waals surface area contributed by atoms with Gasteiger partial charge in [0.1, 0.15) is 13.1 Å². The van der Waals surface area contributed by atoms with Crippen LogP contribution in [0.3, 0.4) is 0 Å². The number of rotatable bonds is 5. The molecule has 20 heavy (non-hydrogen) atoms. The number of amides is 4. The fraction of sp³-hybridized carbons (Fsp3) is 0.750. The molecule has 0 aromatic rings. The van der Waals surface area contributed by atoms with Crippen LogP contribution in [-0.2, 0) is 9.59 Å². The highest BCUT2D eigenvalue weighted by Gasteiger charge is 2.30. The summed E-state index contributed by atoms with van der Waals surface area (Å²) < 4.78 is 0. The molecule has 0 unspecified atom stereocenters. The second kappa shape index (κ2) is 6.94. The lowest BCUT2D eigenvalue weighted by molar-refractivity contribution is -0.133. The number of hydrogen-bond acceptors (Lipinski definition) is 5. The molecule has 2 aliphatic heterocycles. The fourth-order valence-corrected chi connectivity index (χ4v) is 2.76. The molecule has 0 saturated carbocycles. The van der Waals surface area contributed by atoms with Gasteiger partial charge in [-0.1, -0.05) is 0 Å². The van der Waals surface area contributed by atoms with Gasteiger partial charge in [0.2, 0.25) is 11.8 Å². The molecule has 7 nitrogen and oxygen atoms in total. The Morgan fingerprint density at radius 2 is 1.95 bits per heavy atom. The number of thioether (sulfide) groups is 1. The highest BCUT2D eigenvalue weighted by molar-refractivity contribution is 7.98. The third kappa shape index (κ3) is 3.86. The third-order valence-corrected chi connectivity index (χ3v) is 4.12. The molecule has 0 aromatic heterocycles. The maximum Gasteiger partial charge on any atom is 0.325 e. The number of imide groups is 1. The zero-order valence-corrected chi connectivity index (χ0v) is 12.4. The monoisotopic (exact) mass is 300 g/mol. The standard InChI is InChI=1S/C12H20N4O3S/c1-20-7-6-14-2-4-15(5-3-14)11(18)9-16-8-10(17)13-12(16)19/h2-9H2,1H3,(H,13,17,19). The van der Waals surface area contributed by atoms with Crippen molar-refractivity contribution in [3.63, 3.8) is 0 Å². The number of nitrogens with one attached hydrogen (secondary N) is 1. The third-order valence-electron chi connectivity index (χ3n) is 3.53. The van der Waals surface area contributed by atoms with Crippen LogP contribution < -0.4 is 5.32 Å². The molecular formula is C12H20N4O3S. The highest BCUT2D eigenvalue weighted by Crippen LogP contribution is 2.06. The van der Waals surface area contributed by atoms with Crippen LogP contribution in [0.15, 0.2) is 0 Å². The zero-order chi connectivity index (χ0) is 14.5. The molecule has 0 aromatic carbocycles.